The number of nitrogens with one attached hydrogen (secondary N) is 1. The van der Waals surface area contributed by atoms with Crippen molar-refractivity contribution in [2.75, 3.05) is 7.11 Å². The summed E-state index contributed by atoms with van der Waals surface area (Å²) >= 11 is 0. The van der Waals surface area contributed by atoms with Crippen molar-refractivity contribution in [1.29, 1.82) is 0 Å². The molecule has 0 fully saturated rings. The van der Waals surface area contributed by atoms with Crippen molar-refractivity contribution in [2.45, 2.75) is 26.1 Å². The quantitative estimate of drug-likeness (QED) is 0.881. The van der Waals surface area contributed by atoms with Crippen LogP contribution in [0.25, 0.3) is 0 Å². The fourth-order valence-electron chi connectivity index (χ4n) is 2.22. The number of rotatable bonds is 6. The molecule has 4 nitrogen and oxygen atoms in total. The summed E-state index contributed by atoms with van der Waals surface area (Å²) in [5.41, 5.74) is 3.46. The molecule has 0 unspecified atom stereocenters. The van der Waals surface area contributed by atoms with Gasteiger partial charge in [-0.05, 0) is 48.7 Å². The number of aryl methyl sites for hydroxylation is 2. The van der Waals surface area contributed by atoms with Gasteiger partial charge in [-0.2, -0.15) is 0 Å². The number of sulfonamides is 1. The van der Waals surface area contributed by atoms with E-state index in [0.717, 1.165) is 16.7 Å². The van der Waals surface area contributed by atoms with Crippen LogP contribution in [0.15, 0.2) is 36.4 Å². The summed E-state index contributed by atoms with van der Waals surface area (Å²) in [6.45, 7) is 4.08. The molecule has 0 aliphatic carbocycles. The van der Waals surface area contributed by atoms with Crippen LogP contribution in [-0.2, 0) is 22.3 Å². The van der Waals surface area contributed by atoms with E-state index in [1.54, 1.807) is 7.11 Å². The summed E-state index contributed by atoms with van der Waals surface area (Å²) in [4.78, 5) is 0. The Morgan fingerprint density at radius 2 is 1.70 bits per heavy atom. The van der Waals surface area contributed by atoms with Crippen LogP contribution >= 0.6 is 0 Å². The average Bonchev–Trinajstić information content (AvgIpc) is 2.50. The second-order valence-corrected chi connectivity index (χ2v) is 7.26. The lowest BCUT2D eigenvalue weighted by atomic mass is 10.1. The second kappa shape index (κ2) is 7.10. The highest BCUT2D eigenvalue weighted by molar-refractivity contribution is 7.88. The Kier molecular flexibility index (Phi) is 5.38. The first-order valence-corrected chi connectivity index (χ1v) is 8.82. The molecule has 1 N–H and O–H groups in total. The molecular formula is C17H20FNO3S. The third-order valence-corrected chi connectivity index (χ3v) is 4.95. The lowest BCUT2D eigenvalue weighted by Crippen LogP contribution is -2.25. The predicted octanol–water partition coefficient (Wildman–Crippen LogP) is 3.07. The molecule has 0 saturated heterocycles. The number of halogens is 1. The molecule has 0 heterocycles. The topological polar surface area (TPSA) is 55.4 Å². The summed E-state index contributed by atoms with van der Waals surface area (Å²) in [7, 11) is -1.97. The van der Waals surface area contributed by atoms with Crippen molar-refractivity contribution in [3.8, 4) is 5.75 Å². The minimum atomic E-state index is -3.52. The number of hydrogen-bond donors (Lipinski definition) is 1. The SMILES string of the molecule is COc1cc(C)c(C)cc1CNS(=O)(=O)Cc1ccc(F)cc1. The third-order valence-electron chi connectivity index (χ3n) is 3.65. The standard InChI is InChI=1S/C17H20FNO3S/c1-12-8-15(17(22-3)9-13(12)2)10-19-23(20,21)11-14-4-6-16(18)7-5-14/h4-9,19H,10-11H2,1-3H3. The van der Waals surface area contributed by atoms with Gasteiger partial charge in [-0.25, -0.2) is 17.5 Å². The van der Waals surface area contributed by atoms with E-state index in [9.17, 15) is 12.8 Å². The zero-order valence-electron chi connectivity index (χ0n) is 13.4. The fraction of sp³-hybridized carbons (Fsp3) is 0.294. The molecule has 2 aromatic rings. The summed E-state index contributed by atoms with van der Waals surface area (Å²) in [6.07, 6.45) is 0. The lowest BCUT2D eigenvalue weighted by Gasteiger charge is -2.13. The Morgan fingerprint density at radius 3 is 2.30 bits per heavy atom. The van der Waals surface area contributed by atoms with Crippen molar-refractivity contribution >= 4 is 10.0 Å². The van der Waals surface area contributed by atoms with Gasteiger partial charge in [-0.3, -0.25) is 0 Å². The highest BCUT2D eigenvalue weighted by atomic mass is 32.2. The van der Waals surface area contributed by atoms with Gasteiger partial charge in [0.2, 0.25) is 10.0 Å². The first kappa shape index (κ1) is 17.4. The monoisotopic (exact) mass is 337 g/mol. The van der Waals surface area contributed by atoms with Crippen molar-refractivity contribution < 1.29 is 17.5 Å². The number of ether oxygens (including phenoxy) is 1. The molecule has 2 rings (SSSR count). The highest BCUT2D eigenvalue weighted by Gasteiger charge is 2.14. The molecule has 2 aromatic carbocycles. The van der Waals surface area contributed by atoms with E-state index in [1.165, 1.54) is 24.3 Å². The van der Waals surface area contributed by atoms with E-state index in [2.05, 4.69) is 4.72 Å². The minimum Gasteiger partial charge on any atom is -0.496 e. The zero-order valence-corrected chi connectivity index (χ0v) is 14.2. The Balaban J connectivity index is 2.10. The van der Waals surface area contributed by atoms with Crippen molar-refractivity contribution in [2.24, 2.45) is 0 Å². The first-order valence-electron chi connectivity index (χ1n) is 7.16. The van der Waals surface area contributed by atoms with Crippen LogP contribution in [0.4, 0.5) is 4.39 Å². The Labute approximate surface area is 136 Å². The molecule has 0 atom stereocenters. The molecule has 0 bridgehead atoms. The molecule has 0 aliphatic heterocycles. The molecule has 23 heavy (non-hydrogen) atoms. The summed E-state index contributed by atoms with van der Waals surface area (Å²) in [6, 6.07) is 9.22. The van der Waals surface area contributed by atoms with E-state index in [1.807, 2.05) is 26.0 Å². The molecule has 0 spiro atoms. The molecule has 124 valence electrons. The summed E-state index contributed by atoms with van der Waals surface area (Å²) < 4.78 is 45.1. The van der Waals surface area contributed by atoms with Crippen LogP contribution in [0, 0.1) is 19.7 Å². The number of hydrogen-bond acceptors (Lipinski definition) is 3. The largest absolute Gasteiger partial charge is 0.496 e. The van der Waals surface area contributed by atoms with E-state index >= 15 is 0 Å². The van der Waals surface area contributed by atoms with Gasteiger partial charge in [0.1, 0.15) is 11.6 Å². The molecule has 0 saturated carbocycles. The summed E-state index contributed by atoms with van der Waals surface area (Å²) in [5.74, 6) is 0.0667. The van der Waals surface area contributed by atoms with Gasteiger partial charge in [-0.1, -0.05) is 18.2 Å². The van der Waals surface area contributed by atoms with Crippen molar-refractivity contribution in [3.63, 3.8) is 0 Å². The van der Waals surface area contributed by atoms with Crippen LogP contribution in [0.5, 0.6) is 5.75 Å². The van der Waals surface area contributed by atoms with E-state index in [0.29, 0.717) is 11.3 Å². The van der Waals surface area contributed by atoms with Crippen LogP contribution in [0.2, 0.25) is 0 Å². The second-order valence-electron chi connectivity index (χ2n) is 5.45. The first-order chi connectivity index (χ1) is 10.8. The van der Waals surface area contributed by atoms with Crippen LogP contribution in [-0.4, -0.2) is 15.5 Å². The van der Waals surface area contributed by atoms with E-state index in [-0.39, 0.29) is 18.1 Å². The van der Waals surface area contributed by atoms with E-state index < -0.39 is 10.0 Å². The molecular weight excluding hydrogens is 317 g/mol. The van der Waals surface area contributed by atoms with Crippen LogP contribution < -0.4 is 9.46 Å². The van der Waals surface area contributed by atoms with Crippen molar-refractivity contribution in [3.05, 3.63) is 64.5 Å². The molecule has 0 aliphatic rings. The number of methoxy groups -OCH3 is 1. The maximum atomic E-state index is 12.9. The fourth-order valence-corrected chi connectivity index (χ4v) is 3.33. The smallest absolute Gasteiger partial charge is 0.216 e. The normalized spacial score (nSPS) is 11.5. The Hall–Kier alpha value is -1.92. The Morgan fingerprint density at radius 1 is 1.09 bits per heavy atom. The number of benzene rings is 2. The average molecular weight is 337 g/mol. The molecule has 0 aromatic heterocycles. The summed E-state index contributed by atoms with van der Waals surface area (Å²) in [5, 5.41) is 0. The molecule has 0 radical (unpaired) electrons. The van der Waals surface area contributed by atoms with Gasteiger partial charge in [-0.15, -0.1) is 0 Å². The highest BCUT2D eigenvalue weighted by Crippen LogP contribution is 2.23. The minimum absolute atomic E-state index is 0.147. The van der Waals surface area contributed by atoms with Gasteiger partial charge in [0.15, 0.2) is 0 Å². The van der Waals surface area contributed by atoms with Gasteiger partial charge >= 0.3 is 0 Å². The van der Waals surface area contributed by atoms with Gasteiger partial charge < -0.3 is 4.74 Å². The molecule has 0 amide bonds. The van der Waals surface area contributed by atoms with Gasteiger partial charge in [0, 0.05) is 12.1 Å². The van der Waals surface area contributed by atoms with Crippen LogP contribution in [0.1, 0.15) is 22.3 Å². The third kappa shape index (κ3) is 4.77. The molecule has 6 heteroatoms. The maximum Gasteiger partial charge on any atom is 0.216 e. The maximum absolute atomic E-state index is 12.9. The Bertz CT molecular complexity index is 786. The van der Waals surface area contributed by atoms with Crippen LogP contribution in [0.3, 0.4) is 0 Å². The van der Waals surface area contributed by atoms with Gasteiger partial charge in [0.05, 0.1) is 12.9 Å². The van der Waals surface area contributed by atoms with E-state index in [4.69, 9.17) is 4.74 Å². The lowest BCUT2D eigenvalue weighted by molar-refractivity contribution is 0.408. The van der Waals surface area contributed by atoms with Gasteiger partial charge in [0.25, 0.3) is 0 Å². The predicted molar refractivity (Wildman–Crippen MR) is 88.3 cm³/mol. The van der Waals surface area contributed by atoms with Crippen molar-refractivity contribution in [1.82, 2.24) is 4.72 Å². The zero-order chi connectivity index (χ0) is 17.0.